The second kappa shape index (κ2) is 11.5. The van der Waals surface area contributed by atoms with Crippen LogP contribution in [0.15, 0.2) is 4.99 Å². The molecule has 1 fully saturated rings. The monoisotopic (exact) mass is 399 g/mol. The first-order chi connectivity index (χ1) is 13.1. The van der Waals surface area contributed by atoms with E-state index in [-0.39, 0.29) is 6.10 Å². The van der Waals surface area contributed by atoms with E-state index in [1.54, 1.807) is 0 Å². The number of aliphatic imine (C=N–C) groups is 1. The summed E-state index contributed by atoms with van der Waals surface area (Å²) in [7, 11) is 2.11. The first-order valence-electron chi connectivity index (χ1n) is 10.5. The number of ether oxygens (including phenoxy) is 2. The molecule has 1 aliphatic heterocycles. The molecule has 0 aromatic rings. The highest BCUT2D eigenvalue weighted by Crippen LogP contribution is 2.17. The Morgan fingerprint density at radius 1 is 1.21 bits per heavy atom. The van der Waals surface area contributed by atoms with E-state index in [0.717, 1.165) is 45.0 Å². The fraction of sp³-hybridized carbons (Fsp3) is 0.900. The summed E-state index contributed by atoms with van der Waals surface area (Å²) in [6.07, 6.45) is 1.28. The fourth-order valence-electron chi connectivity index (χ4n) is 2.98. The van der Waals surface area contributed by atoms with Gasteiger partial charge in [-0.1, -0.05) is 13.8 Å². The van der Waals surface area contributed by atoms with Gasteiger partial charge in [-0.05, 0) is 47.6 Å². The Hall–Kier alpha value is -1.54. The van der Waals surface area contributed by atoms with Crippen molar-refractivity contribution in [3.05, 3.63) is 0 Å². The van der Waals surface area contributed by atoms with Gasteiger partial charge in [-0.3, -0.25) is 4.99 Å². The number of morpholine rings is 1. The van der Waals surface area contributed by atoms with Gasteiger partial charge in [0.25, 0.3) is 0 Å². The number of guanidine groups is 1. The highest BCUT2D eigenvalue weighted by molar-refractivity contribution is 5.80. The maximum absolute atomic E-state index is 12.3. The third-order valence-electron chi connectivity index (χ3n) is 4.84. The summed E-state index contributed by atoms with van der Waals surface area (Å²) in [5.41, 5.74) is -0.962. The van der Waals surface area contributed by atoms with Gasteiger partial charge in [0.15, 0.2) is 5.96 Å². The Kier molecular flexibility index (Phi) is 10.0. The van der Waals surface area contributed by atoms with Crippen LogP contribution < -0.4 is 16.0 Å². The number of hydrogen-bond donors (Lipinski definition) is 3. The normalized spacial score (nSPS) is 19.2. The molecule has 1 heterocycles. The summed E-state index contributed by atoms with van der Waals surface area (Å²) in [6, 6.07) is 0. The van der Waals surface area contributed by atoms with E-state index in [2.05, 4.69) is 41.7 Å². The molecule has 1 aliphatic rings. The summed E-state index contributed by atoms with van der Waals surface area (Å²) in [4.78, 5) is 19.3. The molecule has 1 amide bonds. The minimum atomic E-state index is -0.524. The molecule has 0 radical (unpaired) electrons. The summed E-state index contributed by atoms with van der Waals surface area (Å²) in [5.74, 6) is 0.733. The number of likely N-dealkylation sites (N-methyl/N-ethyl adjacent to an activating group) is 1. The standard InChI is InChI=1S/C20H41N5O3/c1-8-20(9-2,24-18(26)28-19(4,5)6)15-23-17(21-10-3)22-13-16-14-25(7)11-12-27-16/h16H,8-15H2,1-7H3,(H,24,26)(H2,21,22,23). The van der Waals surface area contributed by atoms with Crippen LogP contribution in [0, 0.1) is 0 Å². The van der Waals surface area contributed by atoms with Gasteiger partial charge in [0.1, 0.15) is 5.60 Å². The van der Waals surface area contributed by atoms with Crippen LogP contribution in [0.2, 0.25) is 0 Å². The van der Waals surface area contributed by atoms with Crippen molar-refractivity contribution in [1.29, 1.82) is 0 Å². The Labute approximate surface area is 170 Å². The topological polar surface area (TPSA) is 87.2 Å². The van der Waals surface area contributed by atoms with E-state index in [1.807, 2.05) is 27.7 Å². The van der Waals surface area contributed by atoms with Crippen LogP contribution in [0.25, 0.3) is 0 Å². The van der Waals surface area contributed by atoms with E-state index < -0.39 is 17.2 Å². The van der Waals surface area contributed by atoms with Crippen LogP contribution in [-0.2, 0) is 9.47 Å². The van der Waals surface area contributed by atoms with Crippen LogP contribution in [0.4, 0.5) is 4.79 Å². The number of carbonyl (C=O) groups is 1. The maximum atomic E-state index is 12.3. The van der Waals surface area contributed by atoms with Crippen molar-refractivity contribution in [2.45, 2.75) is 71.6 Å². The minimum absolute atomic E-state index is 0.143. The molecule has 8 nitrogen and oxygen atoms in total. The summed E-state index contributed by atoms with van der Waals surface area (Å²) in [5, 5.41) is 9.68. The number of alkyl carbamates (subject to hydrolysis) is 1. The van der Waals surface area contributed by atoms with E-state index in [4.69, 9.17) is 14.5 Å². The van der Waals surface area contributed by atoms with Crippen molar-refractivity contribution < 1.29 is 14.3 Å². The number of amides is 1. The van der Waals surface area contributed by atoms with Crippen molar-refractivity contribution in [1.82, 2.24) is 20.9 Å². The van der Waals surface area contributed by atoms with Gasteiger partial charge >= 0.3 is 6.09 Å². The fourth-order valence-corrected chi connectivity index (χ4v) is 2.98. The van der Waals surface area contributed by atoms with Gasteiger partial charge in [-0.2, -0.15) is 0 Å². The quantitative estimate of drug-likeness (QED) is 0.427. The highest BCUT2D eigenvalue weighted by Gasteiger charge is 2.30. The zero-order valence-electron chi connectivity index (χ0n) is 18.9. The Balaban J connectivity index is 2.71. The number of nitrogens with zero attached hydrogens (tertiary/aromatic N) is 2. The maximum Gasteiger partial charge on any atom is 0.408 e. The number of rotatable bonds is 8. The largest absolute Gasteiger partial charge is 0.444 e. The minimum Gasteiger partial charge on any atom is -0.444 e. The van der Waals surface area contributed by atoms with Crippen LogP contribution in [0.5, 0.6) is 0 Å². The Bertz CT molecular complexity index is 501. The average molecular weight is 400 g/mol. The molecule has 164 valence electrons. The zero-order chi connectivity index (χ0) is 21.2. The molecule has 28 heavy (non-hydrogen) atoms. The molecule has 0 aromatic carbocycles. The van der Waals surface area contributed by atoms with Crippen molar-refractivity contribution in [2.24, 2.45) is 4.99 Å². The number of carbonyl (C=O) groups excluding carboxylic acids is 1. The van der Waals surface area contributed by atoms with Crippen molar-refractivity contribution >= 4 is 12.1 Å². The molecule has 1 atom stereocenters. The summed E-state index contributed by atoms with van der Waals surface area (Å²) < 4.78 is 11.2. The highest BCUT2D eigenvalue weighted by atomic mass is 16.6. The van der Waals surface area contributed by atoms with Crippen molar-refractivity contribution in [3.8, 4) is 0 Å². The summed E-state index contributed by atoms with van der Waals surface area (Å²) >= 11 is 0. The molecule has 0 saturated carbocycles. The molecule has 3 N–H and O–H groups in total. The lowest BCUT2D eigenvalue weighted by Gasteiger charge is -2.33. The smallest absolute Gasteiger partial charge is 0.408 e. The van der Waals surface area contributed by atoms with Crippen molar-refractivity contribution in [2.75, 3.05) is 46.4 Å². The molecular formula is C20H41N5O3. The van der Waals surface area contributed by atoms with Gasteiger partial charge in [-0.15, -0.1) is 0 Å². The average Bonchev–Trinajstić information content (AvgIpc) is 2.61. The van der Waals surface area contributed by atoms with Crippen molar-refractivity contribution in [3.63, 3.8) is 0 Å². The summed E-state index contributed by atoms with van der Waals surface area (Å²) in [6.45, 7) is 16.3. The second-order valence-electron chi connectivity index (χ2n) is 8.45. The third kappa shape index (κ3) is 9.10. The zero-order valence-corrected chi connectivity index (χ0v) is 18.9. The second-order valence-corrected chi connectivity index (χ2v) is 8.45. The Morgan fingerprint density at radius 3 is 2.43 bits per heavy atom. The number of nitrogens with one attached hydrogen (secondary N) is 3. The lowest BCUT2D eigenvalue weighted by molar-refractivity contribution is -0.0161. The van der Waals surface area contributed by atoms with E-state index in [9.17, 15) is 4.79 Å². The molecule has 0 aromatic heterocycles. The predicted octanol–water partition coefficient (Wildman–Crippen LogP) is 1.96. The Morgan fingerprint density at radius 2 is 1.89 bits per heavy atom. The molecule has 0 aliphatic carbocycles. The van der Waals surface area contributed by atoms with Gasteiger partial charge < -0.3 is 30.3 Å². The molecule has 1 unspecified atom stereocenters. The molecule has 0 bridgehead atoms. The van der Waals surface area contributed by atoms with Crippen LogP contribution >= 0.6 is 0 Å². The molecular weight excluding hydrogens is 358 g/mol. The van der Waals surface area contributed by atoms with Gasteiger partial charge in [0.2, 0.25) is 0 Å². The SMILES string of the molecule is CCNC(=NCC(CC)(CC)NC(=O)OC(C)(C)C)NCC1CN(C)CCO1. The van der Waals surface area contributed by atoms with Crippen LogP contribution in [0.1, 0.15) is 54.4 Å². The van der Waals surface area contributed by atoms with Gasteiger partial charge in [0, 0.05) is 26.2 Å². The van der Waals surface area contributed by atoms with Gasteiger partial charge in [-0.25, -0.2) is 4.79 Å². The predicted molar refractivity (Wildman–Crippen MR) is 114 cm³/mol. The first kappa shape index (κ1) is 24.5. The molecule has 0 spiro atoms. The van der Waals surface area contributed by atoms with E-state index in [1.165, 1.54) is 0 Å². The molecule has 1 rings (SSSR count). The number of hydrogen-bond acceptors (Lipinski definition) is 5. The lowest BCUT2D eigenvalue weighted by Crippen LogP contribution is -2.52. The molecule has 8 heteroatoms. The van der Waals surface area contributed by atoms with Crippen LogP contribution in [-0.4, -0.2) is 80.6 Å². The molecule has 1 saturated heterocycles. The van der Waals surface area contributed by atoms with E-state index in [0.29, 0.717) is 13.1 Å². The lowest BCUT2D eigenvalue weighted by atomic mass is 9.93. The van der Waals surface area contributed by atoms with E-state index >= 15 is 0 Å². The van der Waals surface area contributed by atoms with Crippen LogP contribution in [0.3, 0.4) is 0 Å². The van der Waals surface area contributed by atoms with Gasteiger partial charge in [0.05, 0.1) is 24.8 Å². The first-order valence-corrected chi connectivity index (χ1v) is 10.5. The third-order valence-corrected chi connectivity index (χ3v) is 4.84.